The second-order valence-electron chi connectivity index (χ2n) is 4.19. The molecular formula is C13H14ClNO3S2. The van der Waals surface area contributed by atoms with E-state index in [4.69, 9.17) is 16.7 Å². The molecule has 108 valence electrons. The Bertz CT molecular complexity index is 682. The van der Waals surface area contributed by atoms with Crippen LogP contribution >= 0.6 is 22.9 Å². The highest BCUT2D eigenvalue weighted by atomic mass is 35.5. The molecule has 0 bridgehead atoms. The number of hydrogen-bond donors (Lipinski definition) is 2. The van der Waals surface area contributed by atoms with Crippen LogP contribution in [0.2, 0.25) is 4.34 Å². The third-order valence-corrected chi connectivity index (χ3v) is 5.72. The largest absolute Gasteiger partial charge is 0.396 e. The zero-order valence-electron chi connectivity index (χ0n) is 10.5. The Morgan fingerprint density at radius 3 is 2.70 bits per heavy atom. The molecule has 0 unspecified atom stereocenters. The fourth-order valence-corrected chi connectivity index (χ4v) is 4.25. The molecule has 0 aliphatic carbocycles. The van der Waals surface area contributed by atoms with Gasteiger partial charge in [-0.2, -0.15) is 0 Å². The lowest BCUT2D eigenvalue weighted by molar-refractivity contribution is 0.288. The summed E-state index contributed by atoms with van der Waals surface area (Å²) in [5.74, 6) is 0. The van der Waals surface area contributed by atoms with Crippen molar-refractivity contribution in [2.75, 3.05) is 11.3 Å². The molecule has 0 fully saturated rings. The molecule has 2 rings (SSSR count). The van der Waals surface area contributed by atoms with E-state index in [1.54, 1.807) is 24.3 Å². The highest BCUT2D eigenvalue weighted by Crippen LogP contribution is 2.27. The zero-order chi connectivity index (χ0) is 14.6. The van der Waals surface area contributed by atoms with Crippen molar-refractivity contribution in [3.63, 3.8) is 0 Å². The summed E-state index contributed by atoms with van der Waals surface area (Å²) in [5, 5.41) is 8.81. The van der Waals surface area contributed by atoms with Gasteiger partial charge in [-0.15, -0.1) is 11.3 Å². The lowest BCUT2D eigenvalue weighted by Crippen LogP contribution is -2.11. The molecule has 0 saturated heterocycles. The molecule has 2 N–H and O–H groups in total. The van der Waals surface area contributed by atoms with Crippen LogP contribution in [-0.2, 0) is 16.4 Å². The van der Waals surface area contributed by atoms with Crippen molar-refractivity contribution in [2.45, 2.75) is 17.1 Å². The average Bonchev–Trinajstić information content (AvgIpc) is 2.84. The minimum absolute atomic E-state index is 0.115. The summed E-state index contributed by atoms with van der Waals surface area (Å²) >= 11 is 6.77. The first kappa shape index (κ1) is 15.3. The number of sulfonamides is 1. The Balaban J connectivity index is 2.17. The quantitative estimate of drug-likeness (QED) is 0.854. The van der Waals surface area contributed by atoms with Crippen LogP contribution in [0.1, 0.15) is 12.0 Å². The summed E-state index contributed by atoms with van der Waals surface area (Å²) in [6, 6.07) is 10.2. The van der Waals surface area contributed by atoms with E-state index in [-0.39, 0.29) is 10.8 Å². The van der Waals surface area contributed by atoms with Gasteiger partial charge < -0.3 is 5.11 Å². The molecule has 1 heterocycles. The van der Waals surface area contributed by atoms with Crippen LogP contribution in [-0.4, -0.2) is 20.1 Å². The van der Waals surface area contributed by atoms with Crippen LogP contribution in [0.5, 0.6) is 0 Å². The predicted octanol–water partition coefficient (Wildman–Crippen LogP) is 3.13. The van der Waals surface area contributed by atoms with Gasteiger partial charge in [-0.1, -0.05) is 23.7 Å². The molecule has 0 saturated carbocycles. The number of benzene rings is 1. The van der Waals surface area contributed by atoms with Crippen molar-refractivity contribution in [1.29, 1.82) is 0 Å². The molecule has 4 nitrogen and oxygen atoms in total. The maximum absolute atomic E-state index is 12.1. The van der Waals surface area contributed by atoms with Crippen LogP contribution in [0.25, 0.3) is 0 Å². The van der Waals surface area contributed by atoms with Gasteiger partial charge in [0.05, 0.1) is 4.34 Å². The summed E-state index contributed by atoms with van der Waals surface area (Å²) in [4.78, 5) is 0. The van der Waals surface area contributed by atoms with Gasteiger partial charge in [0.2, 0.25) is 0 Å². The van der Waals surface area contributed by atoms with E-state index in [2.05, 4.69) is 4.72 Å². The van der Waals surface area contributed by atoms with Gasteiger partial charge in [0.15, 0.2) is 0 Å². The third kappa shape index (κ3) is 3.96. The Labute approximate surface area is 127 Å². The lowest BCUT2D eigenvalue weighted by atomic mass is 10.1. The number of thiophene rings is 1. The van der Waals surface area contributed by atoms with E-state index in [1.807, 2.05) is 6.07 Å². The van der Waals surface area contributed by atoms with E-state index < -0.39 is 10.0 Å². The first-order valence-corrected chi connectivity index (χ1v) is 8.67. The molecule has 1 aromatic heterocycles. The monoisotopic (exact) mass is 331 g/mol. The van der Waals surface area contributed by atoms with Crippen molar-refractivity contribution in [3.8, 4) is 0 Å². The fraction of sp³-hybridized carbons (Fsp3) is 0.231. The van der Waals surface area contributed by atoms with Crippen molar-refractivity contribution in [1.82, 2.24) is 0 Å². The van der Waals surface area contributed by atoms with Crippen LogP contribution in [0, 0.1) is 0 Å². The van der Waals surface area contributed by atoms with Gasteiger partial charge in [-0.25, -0.2) is 8.42 Å². The van der Waals surface area contributed by atoms with Gasteiger partial charge in [0, 0.05) is 12.3 Å². The summed E-state index contributed by atoms with van der Waals surface area (Å²) in [6.45, 7) is 0.115. The predicted molar refractivity (Wildman–Crippen MR) is 82.0 cm³/mol. The molecule has 7 heteroatoms. The zero-order valence-corrected chi connectivity index (χ0v) is 12.9. The summed E-state index contributed by atoms with van der Waals surface area (Å²) in [6.07, 6.45) is 1.35. The first-order valence-electron chi connectivity index (χ1n) is 5.99. The summed E-state index contributed by atoms with van der Waals surface area (Å²) in [5.41, 5.74) is 1.48. The molecule has 0 atom stereocenters. The minimum atomic E-state index is -3.60. The molecule has 0 aliphatic rings. The van der Waals surface area contributed by atoms with E-state index in [9.17, 15) is 8.42 Å². The molecule has 0 radical (unpaired) electrons. The minimum Gasteiger partial charge on any atom is -0.396 e. The number of aliphatic hydroxyl groups is 1. The molecule has 0 aliphatic heterocycles. The second kappa shape index (κ2) is 6.58. The number of aryl methyl sites for hydroxylation is 1. The molecular weight excluding hydrogens is 318 g/mol. The highest BCUT2D eigenvalue weighted by Gasteiger charge is 2.16. The number of rotatable bonds is 6. The molecule has 20 heavy (non-hydrogen) atoms. The van der Waals surface area contributed by atoms with E-state index >= 15 is 0 Å². The van der Waals surface area contributed by atoms with Crippen molar-refractivity contribution >= 4 is 38.6 Å². The number of nitrogens with one attached hydrogen (secondary N) is 1. The second-order valence-corrected chi connectivity index (χ2v) is 7.82. The lowest BCUT2D eigenvalue weighted by Gasteiger charge is -2.08. The molecule has 0 amide bonds. The normalized spacial score (nSPS) is 11.5. The summed E-state index contributed by atoms with van der Waals surface area (Å²) < 4.78 is 27.4. The van der Waals surface area contributed by atoms with E-state index in [0.717, 1.165) is 16.9 Å². The molecule has 0 spiro atoms. The number of anilines is 1. The van der Waals surface area contributed by atoms with Crippen LogP contribution in [0.3, 0.4) is 0 Å². The third-order valence-electron chi connectivity index (χ3n) is 2.62. The fourth-order valence-electron chi connectivity index (χ4n) is 1.72. The first-order chi connectivity index (χ1) is 9.51. The topological polar surface area (TPSA) is 66.4 Å². The maximum Gasteiger partial charge on any atom is 0.271 e. The Morgan fingerprint density at radius 1 is 1.25 bits per heavy atom. The van der Waals surface area contributed by atoms with Crippen molar-refractivity contribution in [3.05, 3.63) is 46.3 Å². The van der Waals surface area contributed by atoms with E-state index in [0.29, 0.717) is 22.9 Å². The molecule has 1 aromatic carbocycles. The van der Waals surface area contributed by atoms with Crippen molar-refractivity contribution < 1.29 is 13.5 Å². The Kier molecular flexibility index (Phi) is 5.04. The SMILES string of the molecule is O=S(=O)(Nc1cccc(CCCO)c1)c1ccc(Cl)s1. The Morgan fingerprint density at radius 2 is 2.05 bits per heavy atom. The van der Waals surface area contributed by atoms with Crippen molar-refractivity contribution in [2.24, 2.45) is 0 Å². The van der Waals surface area contributed by atoms with Crippen LogP contribution in [0.15, 0.2) is 40.6 Å². The Hall–Kier alpha value is -1.08. The number of hydrogen-bond acceptors (Lipinski definition) is 4. The van der Waals surface area contributed by atoms with Gasteiger partial charge >= 0.3 is 0 Å². The number of aliphatic hydroxyl groups excluding tert-OH is 1. The van der Waals surface area contributed by atoms with Gasteiger partial charge in [0.1, 0.15) is 4.21 Å². The number of halogens is 1. The van der Waals surface area contributed by atoms with E-state index in [1.165, 1.54) is 6.07 Å². The smallest absolute Gasteiger partial charge is 0.271 e. The van der Waals surface area contributed by atoms with Crippen LogP contribution < -0.4 is 4.72 Å². The van der Waals surface area contributed by atoms with Gasteiger partial charge in [-0.3, -0.25) is 4.72 Å². The standard InChI is InChI=1S/C13H14ClNO3S2/c14-12-6-7-13(19-12)20(17,18)15-11-5-1-3-10(9-11)4-2-8-16/h1,3,5-7,9,15-16H,2,4,8H2. The maximum atomic E-state index is 12.1. The van der Waals surface area contributed by atoms with Crippen LogP contribution in [0.4, 0.5) is 5.69 Å². The van der Waals surface area contributed by atoms with Gasteiger partial charge in [0.25, 0.3) is 10.0 Å². The average molecular weight is 332 g/mol. The van der Waals surface area contributed by atoms with Gasteiger partial charge in [-0.05, 0) is 42.7 Å². The summed E-state index contributed by atoms with van der Waals surface area (Å²) in [7, 11) is -3.60. The highest BCUT2D eigenvalue weighted by molar-refractivity contribution is 7.94. The molecule has 2 aromatic rings.